The average Bonchev–Trinajstić information content (AvgIpc) is 3.25. The fraction of sp³-hybridized carbons (Fsp3) is 0.231. The SMILES string of the molecule is Cc1cc(CSc2ccccc2)cc2c1N[C@H](c1ccc(Cl)c(Cl)c1)[C@@H]1CC=C[C@@H]21. The van der Waals surface area contributed by atoms with Gasteiger partial charge in [0.1, 0.15) is 0 Å². The van der Waals surface area contributed by atoms with Gasteiger partial charge in [-0.1, -0.05) is 71.8 Å². The monoisotopic (exact) mass is 451 g/mol. The summed E-state index contributed by atoms with van der Waals surface area (Å²) in [4.78, 5) is 1.31. The highest BCUT2D eigenvalue weighted by molar-refractivity contribution is 7.98. The zero-order chi connectivity index (χ0) is 20.7. The van der Waals surface area contributed by atoms with Crippen LogP contribution < -0.4 is 5.32 Å². The van der Waals surface area contributed by atoms with E-state index in [-0.39, 0.29) is 6.04 Å². The number of thioether (sulfide) groups is 1. The van der Waals surface area contributed by atoms with Crippen molar-refractivity contribution in [1.29, 1.82) is 0 Å². The Labute approximate surface area is 192 Å². The van der Waals surface area contributed by atoms with E-state index in [0.717, 1.165) is 12.2 Å². The molecule has 0 saturated carbocycles. The highest BCUT2D eigenvalue weighted by atomic mass is 35.5. The summed E-state index contributed by atoms with van der Waals surface area (Å²) in [5.74, 6) is 1.90. The van der Waals surface area contributed by atoms with Crippen molar-refractivity contribution in [2.75, 3.05) is 5.32 Å². The van der Waals surface area contributed by atoms with E-state index in [1.165, 1.54) is 32.8 Å². The van der Waals surface area contributed by atoms with Crippen molar-refractivity contribution >= 4 is 40.7 Å². The van der Waals surface area contributed by atoms with Crippen LogP contribution in [0.3, 0.4) is 0 Å². The molecule has 30 heavy (non-hydrogen) atoms. The summed E-state index contributed by atoms with van der Waals surface area (Å²) in [6, 6.07) is 21.6. The van der Waals surface area contributed by atoms with Crippen LogP contribution in [0.1, 0.15) is 40.6 Å². The molecule has 0 saturated heterocycles. The van der Waals surface area contributed by atoms with Crippen LogP contribution in [0.2, 0.25) is 10.0 Å². The zero-order valence-electron chi connectivity index (χ0n) is 16.7. The highest BCUT2D eigenvalue weighted by Gasteiger charge is 2.38. The van der Waals surface area contributed by atoms with Crippen LogP contribution >= 0.6 is 35.0 Å². The Morgan fingerprint density at radius 1 is 1.00 bits per heavy atom. The summed E-state index contributed by atoms with van der Waals surface area (Å²) in [7, 11) is 0. The van der Waals surface area contributed by atoms with Gasteiger partial charge in [0, 0.05) is 22.3 Å². The Bertz CT molecular complexity index is 1110. The van der Waals surface area contributed by atoms with Crippen molar-refractivity contribution < 1.29 is 0 Å². The van der Waals surface area contributed by atoms with Crippen molar-refractivity contribution in [3.63, 3.8) is 0 Å². The predicted octanol–water partition coefficient (Wildman–Crippen LogP) is 8.42. The summed E-state index contributed by atoms with van der Waals surface area (Å²) >= 11 is 14.4. The zero-order valence-corrected chi connectivity index (χ0v) is 19.1. The normalized spacial score (nSPS) is 21.8. The minimum absolute atomic E-state index is 0.232. The lowest BCUT2D eigenvalue weighted by molar-refractivity contribution is 0.425. The molecule has 2 aliphatic rings. The first-order valence-electron chi connectivity index (χ1n) is 10.3. The van der Waals surface area contributed by atoms with E-state index in [9.17, 15) is 0 Å². The molecule has 0 spiro atoms. The van der Waals surface area contributed by atoms with Crippen LogP contribution in [-0.2, 0) is 5.75 Å². The van der Waals surface area contributed by atoms with Gasteiger partial charge < -0.3 is 5.32 Å². The van der Waals surface area contributed by atoms with Gasteiger partial charge in [0.25, 0.3) is 0 Å². The third-order valence-corrected chi connectivity index (χ3v) is 8.00. The second-order valence-corrected chi connectivity index (χ2v) is 9.99. The summed E-state index contributed by atoms with van der Waals surface area (Å²) in [6.45, 7) is 2.22. The highest BCUT2D eigenvalue weighted by Crippen LogP contribution is 2.51. The lowest BCUT2D eigenvalue weighted by Gasteiger charge is -2.38. The quantitative estimate of drug-likeness (QED) is 0.315. The molecule has 0 amide bonds. The fourth-order valence-corrected chi connectivity index (χ4v) is 5.92. The maximum Gasteiger partial charge on any atom is 0.0595 e. The number of anilines is 1. The molecule has 1 N–H and O–H groups in total. The lowest BCUT2D eigenvalue weighted by Crippen LogP contribution is -2.29. The van der Waals surface area contributed by atoms with Crippen molar-refractivity contribution in [1.82, 2.24) is 0 Å². The maximum atomic E-state index is 6.34. The molecule has 152 valence electrons. The summed E-state index contributed by atoms with van der Waals surface area (Å²) in [5, 5.41) is 5.08. The molecule has 3 atom stereocenters. The number of nitrogens with one attached hydrogen (secondary N) is 1. The van der Waals surface area contributed by atoms with Gasteiger partial charge in [-0.2, -0.15) is 0 Å². The predicted molar refractivity (Wildman–Crippen MR) is 130 cm³/mol. The molecule has 0 bridgehead atoms. The van der Waals surface area contributed by atoms with Gasteiger partial charge in [-0.25, -0.2) is 0 Å². The molecular weight excluding hydrogens is 429 g/mol. The molecular formula is C26H23Cl2NS. The van der Waals surface area contributed by atoms with E-state index in [2.05, 4.69) is 72.9 Å². The standard InChI is InChI=1S/C26H23Cl2NS/c1-16-12-17(15-30-19-6-3-2-4-7-19)13-22-20-8-5-9-21(20)26(29-25(16)22)18-10-11-23(27)24(28)14-18/h2-8,10-14,20-21,26,29H,9,15H2,1H3/t20-,21-,26-/m1/s1. The number of benzene rings is 3. The first kappa shape index (κ1) is 20.1. The molecule has 0 aromatic heterocycles. The van der Waals surface area contributed by atoms with E-state index >= 15 is 0 Å². The molecule has 1 nitrogen and oxygen atoms in total. The minimum Gasteiger partial charge on any atom is -0.377 e. The van der Waals surface area contributed by atoms with E-state index in [0.29, 0.717) is 21.9 Å². The van der Waals surface area contributed by atoms with Gasteiger partial charge >= 0.3 is 0 Å². The third kappa shape index (κ3) is 3.77. The van der Waals surface area contributed by atoms with Gasteiger partial charge in [-0.3, -0.25) is 0 Å². The van der Waals surface area contributed by atoms with Crippen molar-refractivity contribution in [3.8, 4) is 0 Å². The fourth-order valence-electron chi connectivity index (χ4n) is 4.77. The van der Waals surface area contributed by atoms with Crippen molar-refractivity contribution in [2.45, 2.75) is 36.0 Å². The molecule has 0 fully saturated rings. The van der Waals surface area contributed by atoms with E-state index < -0.39 is 0 Å². The van der Waals surface area contributed by atoms with Crippen LogP contribution in [0.5, 0.6) is 0 Å². The van der Waals surface area contributed by atoms with Gasteiger partial charge in [0.05, 0.1) is 16.1 Å². The van der Waals surface area contributed by atoms with Crippen molar-refractivity contribution in [3.05, 3.63) is 105 Å². The van der Waals surface area contributed by atoms with Crippen molar-refractivity contribution in [2.24, 2.45) is 5.92 Å². The Kier molecular flexibility index (Phi) is 5.58. The van der Waals surface area contributed by atoms with Crippen LogP contribution in [0, 0.1) is 12.8 Å². The number of allylic oxidation sites excluding steroid dienone is 2. The number of halogens is 2. The average molecular weight is 452 g/mol. The summed E-state index contributed by atoms with van der Waals surface area (Å²) in [6.07, 6.45) is 5.80. The first-order valence-corrected chi connectivity index (χ1v) is 12.0. The van der Waals surface area contributed by atoms with E-state index in [4.69, 9.17) is 23.2 Å². The lowest BCUT2D eigenvalue weighted by atomic mass is 9.76. The number of aryl methyl sites for hydroxylation is 1. The molecule has 1 aliphatic heterocycles. The number of hydrogen-bond donors (Lipinski definition) is 1. The number of rotatable bonds is 4. The van der Waals surface area contributed by atoms with E-state index in [1.54, 1.807) is 0 Å². The van der Waals surface area contributed by atoms with Crippen LogP contribution in [0.25, 0.3) is 0 Å². The molecule has 3 aromatic rings. The van der Waals surface area contributed by atoms with Crippen LogP contribution in [0.4, 0.5) is 5.69 Å². The first-order chi connectivity index (χ1) is 14.6. The second kappa shape index (κ2) is 8.34. The summed E-state index contributed by atoms with van der Waals surface area (Å²) < 4.78 is 0. The third-order valence-electron chi connectivity index (χ3n) is 6.18. The van der Waals surface area contributed by atoms with Gasteiger partial charge in [-0.15, -0.1) is 11.8 Å². The molecule has 1 heterocycles. The van der Waals surface area contributed by atoms with Gasteiger partial charge in [0.15, 0.2) is 0 Å². The largest absolute Gasteiger partial charge is 0.377 e. The Morgan fingerprint density at radius 2 is 1.83 bits per heavy atom. The smallest absolute Gasteiger partial charge is 0.0595 e. The molecule has 4 heteroatoms. The number of hydrogen-bond acceptors (Lipinski definition) is 2. The Balaban J connectivity index is 1.47. The summed E-state index contributed by atoms with van der Waals surface area (Å²) in [5.41, 5.74) is 6.59. The van der Waals surface area contributed by atoms with Crippen LogP contribution in [-0.4, -0.2) is 0 Å². The minimum atomic E-state index is 0.232. The topological polar surface area (TPSA) is 12.0 Å². The Hall–Kier alpha value is -1.87. The Morgan fingerprint density at radius 3 is 2.63 bits per heavy atom. The molecule has 3 aromatic carbocycles. The van der Waals surface area contributed by atoms with Crippen LogP contribution in [0.15, 0.2) is 77.7 Å². The molecule has 0 unspecified atom stereocenters. The maximum absolute atomic E-state index is 6.34. The molecule has 5 rings (SSSR count). The second-order valence-electron chi connectivity index (χ2n) is 8.13. The van der Waals surface area contributed by atoms with Gasteiger partial charge in [-0.05, 0) is 65.8 Å². The number of fused-ring (bicyclic) bond motifs is 3. The van der Waals surface area contributed by atoms with E-state index in [1.807, 2.05) is 23.9 Å². The van der Waals surface area contributed by atoms with Gasteiger partial charge in [0.2, 0.25) is 0 Å². The molecule has 1 aliphatic carbocycles. The molecule has 0 radical (unpaired) electrons.